The summed E-state index contributed by atoms with van der Waals surface area (Å²) in [6.07, 6.45) is 1.08. The minimum absolute atomic E-state index is 0.128. The molecule has 0 spiro atoms. The second-order valence-corrected chi connectivity index (χ2v) is 6.08. The van der Waals surface area contributed by atoms with Gasteiger partial charge in [0.25, 0.3) is 21.6 Å². The highest BCUT2D eigenvalue weighted by molar-refractivity contribution is 7.92. The maximum atomic E-state index is 12.5. The second-order valence-electron chi connectivity index (χ2n) is 4.43. The summed E-state index contributed by atoms with van der Waals surface area (Å²) >= 11 is 0. The topological polar surface area (TPSA) is 156 Å². The number of methoxy groups -OCH3 is 1. The minimum atomic E-state index is -4.34. The predicted octanol–water partition coefficient (Wildman–Crippen LogP) is 0.487. The van der Waals surface area contributed by atoms with E-state index in [4.69, 9.17) is 4.74 Å². The number of carbonyl (C=O) groups excluding carboxylic acids is 1. The molecule has 0 aliphatic rings. The molecule has 0 radical (unpaired) electrons. The van der Waals surface area contributed by atoms with Crippen LogP contribution >= 0.6 is 0 Å². The largest absolute Gasteiger partial charge is 0.497 e. The number of aromatic nitrogens is 2. The number of carbonyl (C=O) groups is 1. The Kier molecular flexibility index (Phi) is 4.69. The van der Waals surface area contributed by atoms with Crippen molar-refractivity contribution < 1.29 is 22.9 Å². The molecule has 2 rings (SSSR count). The van der Waals surface area contributed by atoms with E-state index in [1.165, 1.54) is 20.2 Å². The number of ether oxygens (including phenoxy) is 1. The number of amides is 1. The number of nitro benzene ring substituents is 1. The maximum absolute atomic E-state index is 12.5. The standard InChI is InChI=1S/C12H13N5O6S/c1-13-12(18)11-8(6-14-15-11)16-24(21,22)10-4-3-7(23-2)5-9(10)17(19)20/h3-6,16H,1-2H3,(H,13,18)(H,14,15). The van der Waals surface area contributed by atoms with Crippen LogP contribution in [0.2, 0.25) is 0 Å². The van der Waals surface area contributed by atoms with Crippen molar-refractivity contribution in [3.8, 4) is 5.75 Å². The Morgan fingerprint density at radius 3 is 2.71 bits per heavy atom. The van der Waals surface area contributed by atoms with E-state index >= 15 is 0 Å². The molecule has 0 atom stereocenters. The molecule has 0 aliphatic heterocycles. The molecule has 2 aromatic rings. The number of hydrogen-bond donors (Lipinski definition) is 3. The number of nitro groups is 1. The summed E-state index contributed by atoms with van der Waals surface area (Å²) in [4.78, 5) is 21.4. The number of H-pyrrole nitrogens is 1. The number of rotatable bonds is 6. The van der Waals surface area contributed by atoms with Gasteiger partial charge in [-0.15, -0.1) is 0 Å². The van der Waals surface area contributed by atoms with Crippen LogP contribution in [0.3, 0.4) is 0 Å². The number of aromatic amines is 1. The molecule has 0 bridgehead atoms. The van der Waals surface area contributed by atoms with Crippen molar-refractivity contribution in [3.05, 3.63) is 40.2 Å². The molecule has 11 nitrogen and oxygen atoms in total. The van der Waals surface area contributed by atoms with E-state index < -0.39 is 31.4 Å². The summed E-state index contributed by atoms with van der Waals surface area (Å²) in [6, 6.07) is 3.30. The zero-order valence-electron chi connectivity index (χ0n) is 12.6. The Morgan fingerprint density at radius 1 is 1.42 bits per heavy atom. The molecule has 1 aromatic heterocycles. The fourth-order valence-corrected chi connectivity index (χ4v) is 3.07. The summed E-state index contributed by atoms with van der Waals surface area (Å²) in [5, 5.41) is 19.4. The molecule has 0 saturated carbocycles. The molecule has 0 aliphatic carbocycles. The summed E-state index contributed by atoms with van der Waals surface area (Å²) in [5.41, 5.74) is -0.927. The Hall–Kier alpha value is -3.15. The molecule has 0 saturated heterocycles. The Balaban J connectivity index is 2.47. The molecule has 24 heavy (non-hydrogen) atoms. The van der Waals surface area contributed by atoms with Crippen LogP contribution in [-0.4, -0.2) is 43.6 Å². The lowest BCUT2D eigenvalue weighted by molar-refractivity contribution is -0.387. The lowest BCUT2D eigenvalue weighted by atomic mass is 10.3. The Labute approximate surface area is 136 Å². The molecule has 12 heteroatoms. The van der Waals surface area contributed by atoms with Gasteiger partial charge < -0.3 is 10.1 Å². The quantitative estimate of drug-likeness (QED) is 0.502. The molecule has 3 N–H and O–H groups in total. The maximum Gasteiger partial charge on any atom is 0.293 e. The first-order chi connectivity index (χ1) is 11.3. The van der Waals surface area contributed by atoms with Crippen LogP contribution in [0, 0.1) is 10.1 Å². The van der Waals surface area contributed by atoms with Gasteiger partial charge in [-0.1, -0.05) is 0 Å². The molecule has 128 valence electrons. The summed E-state index contributed by atoms with van der Waals surface area (Å²) in [6.45, 7) is 0. The van der Waals surface area contributed by atoms with E-state index in [0.29, 0.717) is 0 Å². The van der Waals surface area contributed by atoms with Crippen LogP contribution in [0.15, 0.2) is 29.3 Å². The SMILES string of the molecule is CNC(=O)c1[nH]ncc1NS(=O)(=O)c1ccc(OC)cc1[N+](=O)[O-]. The van der Waals surface area contributed by atoms with Crippen LogP contribution in [0.25, 0.3) is 0 Å². The average Bonchev–Trinajstić information content (AvgIpc) is 3.00. The molecule has 0 fully saturated rings. The molecule has 1 amide bonds. The van der Waals surface area contributed by atoms with Gasteiger partial charge in [-0.05, 0) is 12.1 Å². The number of hydrogen-bond acceptors (Lipinski definition) is 7. The van der Waals surface area contributed by atoms with Gasteiger partial charge in [-0.3, -0.25) is 24.7 Å². The lowest BCUT2D eigenvalue weighted by Crippen LogP contribution is -2.22. The van der Waals surface area contributed by atoms with E-state index in [1.807, 2.05) is 0 Å². The van der Waals surface area contributed by atoms with Crippen molar-refractivity contribution in [1.29, 1.82) is 0 Å². The van der Waals surface area contributed by atoms with Crippen molar-refractivity contribution in [2.45, 2.75) is 4.90 Å². The van der Waals surface area contributed by atoms with Crippen molar-refractivity contribution >= 4 is 27.3 Å². The molecular formula is C12H13N5O6S. The van der Waals surface area contributed by atoms with Gasteiger partial charge in [0.05, 0.1) is 30.0 Å². The van der Waals surface area contributed by atoms with Crippen molar-refractivity contribution in [2.24, 2.45) is 0 Å². The van der Waals surface area contributed by atoms with Gasteiger partial charge in [-0.2, -0.15) is 5.10 Å². The predicted molar refractivity (Wildman–Crippen MR) is 82.4 cm³/mol. The third kappa shape index (κ3) is 3.27. The van der Waals surface area contributed by atoms with E-state index in [9.17, 15) is 23.3 Å². The normalized spacial score (nSPS) is 10.9. The monoisotopic (exact) mass is 355 g/mol. The van der Waals surface area contributed by atoms with Crippen LogP contribution in [0.5, 0.6) is 5.75 Å². The van der Waals surface area contributed by atoms with E-state index in [-0.39, 0.29) is 17.1 Å². The summed E-state index contributed by atoms with van der Waals surface area (Å²) < 4.78 is 31.9. The highest BCUT2D eigenvalue weighted by Crippen LogP contribution is 2.30. The minimum Gasteiger partial charge on any atom is -0.497 e. The second kappa shape index (κ2) is 6.54. The van der Waals surface area contributed by atoms with Gasteiger partial charge in [-0.25, -0.2) is 8.42 Å². The van der Waals surface area contributed by atoms with Gasteiger partial charge >= 0.3 is 0 Å². The van der Waals surface area contributed by atoms with E-state index in [2.05, 4.69) is 20.2 Å². The van der Waals surface area contributed by atoms with Gasteiger partial charge in [0.1, 0.15) is 11.4 Å². The number of sulfonamides is 1. The van der Waals surface area contributed by atoms with E-state index in [0.717, 1.165) is 18.3 Å². The zero-order valence-corrected chi connectivity index (χ0v) is 13.4. The first kappa shape index (κ1) is 17.2. The fraction of sp³-hybridized carbons (Fsp3) is 0.167. The average molecular weight is 355 g/mol. The first-order valence-corrected chi connectivity index (χ1v) is 7.89. The Bertz CT molecular complexity index is 891. The highest BCUT2D eigenvalue weighted by atomic mass is 32.2. The third-order valence-corrected chi connectivity index (χ3v) is 4.40. The van der Waals surface area contributed by atoms with Crippen LogP contribution < -0.4 is 14.8 Å². The van der Waals surface area contributed by atoms with Crippen molar-refractivity contribution in [2.75, 3.05) is 18.9 Å². The van der Waals surface area contributed by atoms with Crippen LogP contribution in [-0.2, 0) is 10.0 Å². The number of benzene rings is 1. The lowest BCUT2D eigenvalue weighted by Gasteiger charge is -2.09. The number of nitrogens with one attached hydrogen (secondary N) is 3. The molecule has 1 aromatic carbocycles. The highest BCUT2D eigenvalue weighted by Gasteiger charge is 2.28. The van der Waals surface area contributed by atoms with Gasteiger partial charge in [0.15, 0.2) is 4.90 Å². The zero-order chi connectivity index (χ0) is 17.9. The van der Waals surface area contributed by atoms with Gasteiger partial charge in [0, 0.05) is 7.05 Å². The summed E-state index contributed by atoms with van der Waals surface area (Å²) in [5.74, 6) is -0.468. The van der Waals surface area contributed by atoms with E-state index in [1.54, 1.807) is 0 Å². The van der Waals surface area contributed by atoms with Crippen molar-refractivity contribution in [3.63, 3.8) is 0 Å². The smallest absolute Gasteiger partial charge is 0.293 e. The number of anilines is 1. The third-order valence-electron chi connectivity index (χ3n) is 2.99. The Morgan fingerprint density at radius 2 is 2.12 bits per heavy atom. The van der Waals surface area contributed by atoms with Crippen LogP contribution in [0.1, 0.15) is 10.5 Å². The molecule has 0 unspecified atom stereocenters. The number of nitrogens with zero attached hydrogens (tertiary/aromatic N) is 2. The summed E-state index contributed by atoms with van der Waals surface area (Å²) in [7, 11) is -1.68. The van der Waals surface area contributed by atoms with Crippen LogP contribution in [0.4, 0.5) is 11.4 Å². The molecular weight excluding hydrogens is 342 g/mol. The molecule has 1 heterocycles. The first-order valence-electron chi connectivity index (χ1n) is 6.41. The fourth-order valence-electron chi connectivity index (χ4n) is 1.86. The van der Waals surface area contributed by atoms with Gasteiger partial charge in [0.2, 0.25) is 0 Å². The van der Waals surface area contributed by atoms with Crippen molar-refractivity contribution in [1.82, 2.24) is 15.5 Å².